The van der Waals surface area contributed by atoms with Gasteiger partial charge in [0.1, 0.15) is 11.3 Å². The van der Waals surface area contributed by atoms with Crippen LogP contribution in [0.1, 0.15) is 37.6 Å². The lowest BCUT2D eigenvalue weighted by molar-refractivity contribution is -0.126. The van der Waals surface area contributed by atoms with Crippen molar-refractivity contribution in [3.8, 4) is 5.75 Å². The van der Waals surface area contributed by atoms with Gasteiger partial charge in [-0.15, -0.1) is 0 Å². The Morgan fingerprint density at radius 1 is 1.27 bits per heavy atom. The molecule has 0 aliphatic carbocycles. The minimum absolute atomic E-state index is 0.0404. The van der Waals surface area contributed by atoms with E-state index >= 15 is 0 Å². The molecule has 0 spiro atoms. The van der Waals surface area contributed by atoms with Crippen LogP contribution in [0.15, 0.2) is 46.9 Å². The Kier molecular flexibility index (Phi) is 5.44. The van der Waals surface area contributed by atoms with Crippen LogP contribution in [-0.2, 0) is 16.1 Å². The highest BCUT2D eigenvalue weighted by atomic mass is 16.5. The maximum atomic E-state index is 12.6. The van der Waals surface area contributed by atoms with E-state index in [2.05, 4.69) is 24.1 Å². The minimum Gasteiger partial charge on any atom is -0.497 e. The number of methoxy groups -OCH3 is 1. The average Bonchev–Trinajstić information content (AvgIpc) is 3.34. The number of rotatable bonds is 6. The second kappa shape index (κ2) is 8.18. The number of carbonyl (C=O) groups is 2. The zero-order chi connectivity index (χ0) is 21.3. The highest BCUT2D eigenvalue weighted by molar-refractivity contribution is 6.00. The summed E-state index contributed by atoms with van der Waals surface area (Å²) in [6.07, 6.45) is 0.197. The summed E-state index contributed by atoms with van der Waals surface area (Å²) in [5.41, 5.74) is 3.35. The van der Waals surface area contributed by atoms with Crippen molar-refractivity contribution < 1.29 is 18.7 Å². The van der Waals surface area contributed by atoms with E-state index in [-0.39, 0.29) is 24.8 Å². The lowest BCUT2D eigenvalue weighted by Crippen LogP contribution is -2.32. The lowest BCUT2D eigenvalue weighted by atomic mass is 10.0. The van der Waals surface area contributed by atoms with E-state index in [0.29, 0.717) is 35.2 Å². The van der Waals surface area contributed by atoms with Gasteiger partial charge < -0.3 is 19.4 Å². The maximum absolute atomic E-state index is 12.6. The van der Waals surface area contributed by atoms with Gasteiger partial charge in [-0.1, -0.05) is 26.0 Å². The van der Waals surface area contributed by atoms with Crippen LogP contribution in [0.2, 0.25) is 0 Å². The molecular formula is C23H25N3O4. The van der Waals surface area contributed by atoms with Gasteiger partial charge in [0.15, 0.2) is 5.58 Å². The van der Waals surface area contributed by atoms with Crippen molar-refractivity contribution in [2.24, 2.45) is 5.92 Å². The zero-order valence-corrected chi connectivity index (χ0v) is 17.3. The fraction of sp³-hybridized carbons (Fsp3) is 0.348. The van der Waals surface area contributed by atoms with Crippen molar-refractivity contribution >= 4 is 28.6 Å². The molecule has 1 N–H and O–H groups in total. The molecule has 0 radical (unpaired) electrons. The standard InChI is InChI=1S/C23H25N3O4/c1-14(2)15-4-6-17(7-5-15)26-13-16(10-22(26)27)23(28)24-12-21-25-19-11-18(29-3)8-9-20(19)30-21/h4-9,11,14,16H,10,12-13H2,1-3H3,(H,24,28). The third kappa shape index (κ3) is 4.01. The monoisotopic (exact) mass is 407 g/mol. The van der Waals surface area contributed by atoms with Gasteiger partial charge in [0.2, 0.25) is 17.7 Å². The number of aromatic nitrogens is 1. The van der Waals surface area contributed by atoms with Gasteiger partial charge in [-0.25, -0.2) is 4.98 Å². The Labute approximate surface area is 175 Å². The Morgan fingerprint density at radius 3 is 2.73 bits per heavy atom. The normalized spacial score (nSPS) is 16.5. The number of hydrogen-bond acceptors (Lipinski definition) is 5. The third-order valence-electron chi connectivity index (χ3n) is 5.42. The van der Waals surface area contributed by atoms with Crippen LogP contribution in [0.3, 0.4) is 0 Å². The van der Waals surface area contributed by atoms with Gasteiger partial charge in [-0.05, 0) is 35.7 Å². The zero-order valence-electron chi connectivity index (χ0n) is 17.3. The molecule has 4 rings (SSSR count). The van der Waals surface area contributed by atoms with Crippen molar-refractivity contribution in [2.75, 3.05) is 18.6 Å². The lowest BCUT2D eigenvalue weighted by Gasteiger charge is -2.17. The van der Waals surface area contributed by atoms with Gasteiger partial charge >= 0.3 is 0 Å². The quantitative estimate of drug-likeness (QED) is 0.675. The average molecular weight is 407 g/mol. The molecule has 1 fully saturated rings. The topological polar surface area (TPSA) is 84.7 Å². The summed E-state index contributed by atoms with van der Waals surface area (Å²) in [7, 11) is 1.59. The van der Waals surface area contributed by atoms with E-state index < -0.39 is 5.92 Å². The number of amides is 2. The molecule has 2 amide bonds. The van der Waals surface area contributed by atoms with Gasteiger partial charge in [-0.2, -0.15) is 0 Å². The molecule has 7 nitrogen and oxygen atoms in total. The summed E-state index contributed by atoms with van der Waals surface area (Å²) in [5.74, 6) is 0.923. The Hall–Kier alpha value is -3.35. The number of oxazole rings is 1. The van der Waals surface area contributed by atoms with Gasteiger partial charge in [-0.3, -0.25) is 9.59 Å². The van der Waals surface area contributed by atoms with Crippen molar-refractivity contribution in [3.05, 3.63) is 53.9 Å². The predicted molar refractivity (Wildman–Crippen MR) is 113 cm³/mol. The largest absolute Gasteiger partial charge is 0.497 e. The molecule has 1 unspecified atom stereocenters. The number of nitrogens with one attached hydrogen (secondary N) is 1. The number of fused-ring (bicyclic) bond motifs is 1. The Bertz CT molecular complexity index is 1070. The highest BCUT2D eigenvalue weighted by Crippen LogP contribution is 2.27. The van der Waals surface area contributed by atoms with Crippen LogP contribution in [0.5, 0.6) is 5.75 Å². The van der Waals surface area contributed by atoms with Crippen molar-refractivity contribution in [3.63, 3.8) is 0 Å². The SMILES string of the molecule is COc1ccc2oc(CNC(=O)C3CC(=O)N(c4ccc(C(C)C)cc4)C3)nc2c1. The number of ether oxygens (including phenoxy) is 1. The first-order chi connectivity index (χ1) is 14.4. The number of carbonyl (C=O) groups excluding carboxylic acids is 2. The summed E-state index contributed by atoms with van der Waals surface area (Å²) in [5, 5.41) is 2.84. The molecule has 2 aromatic carbocycles. The van der Waals surface area contributed by atoms with Gasteiger partial charge in [0, 0.05) is 24.7 Å². The van der Waals surface area contributed by atoms with Crippen molar-refractivity contribution in [1.82, 2.24) is 10.3 Å². The van der Waals surface area contributed by atoms with Crippen LogP contribution >= 0.6 is 0 Å². The molecule has 3 aromatic rings. The third-order valence-corrected chi connectivity index (χ3v) is 5.42. The Balaban J connectivity index is 1.38. The molecule has 0 bridgehead atoms. The molecule has 156 valence electrons. The number of hydrogen-bond donors (Lipinski definition) is 1. The minimum atomic E-state index is -0.397. The van der Waals surface area contributed by atoms with Crippen molar-refractivity contribution in [1.29, 1.82) is 0 Å². The number of benzene rings is 2. The van der Waals surface area contributed by atoms with Crippen LogP contribution < -0.4 is 15.0 Å². The van der Waals surface area contributed by atoms with E-state index in [1.807, 2.05) is 24.3 Å². The molecule has 7 heteroatoms. The molecule has 30 heavy (non-hydrogen) atoms. The van der Waals surface area contributed by atoms with Gasteiger partial charge in [0.25, 0.3) is 0 Å². The van der Waals surface area contributed by atoms with E-state index in [1.54, 1.807) is 30.2 Å². The molecular weight excluding hydrogens is 382 g/mol. The first-order valence-corrected chi connectivity index (χ1v) is 10.1. The van der Waals surface area contributed by atoms with Crippen LogP contribution in [0.25, 0.3) is 11.1 Å². The van der Waals surface area contributed by atoms with Crippen LogP contribution in [0, 0.1) is 5.92 Å². The summed E-state index contributed by atoms with van der Waals surface area (Å²) >= 11 is 0. The molecule has 1 saturated heterocycles. The van der Waals surface area contributed by atoms with E-state index in [1.165, 1.54) is 5.56 Å². The smallest absolute Gasteiger partial charge is 0.227 e. The molecule has 1 atom stereocenters. The van der Waals surface area contributed by atoms with Crippen LogP contribution in [-0.4, -0.2) is 30.5 Å². The Morgan fingerprint density at radius 2 is 2.03 bits per heavy atom. The highest BCUT2D eigenvalue weighted by Gasteiger charge is 2.35. The summed E-state index contributed by atoms with van der Waals surface area (Å²) in [6, 6.07) is 13.3. The molecule has 0 saturated carbocycles. The number of nitrogens with zero attached hydrogens (tertiary/aromatic N) is 2. The second-order valence-electron chi connectivity index (χ2n) is 7.81. The molecule has 1 aliphatic rings. The fourth-order valence-electron chi connectivity index (χ4n) is 3.64. The van der Waals surface area contributed by atoms with E-state index in [4.69, 9.17) is 9.15 Å². The first-order valence-electron chi connectivity index (χ1n) is 10.1. The number of anilines is 1. The predicted octanol–water partition coefficient (Wildman–Crippen LogP) is 3.63. The maximum Gasteiger partial charge on any atom is 0.227 e. The second-order valence-corrected chi connectivity index (χ2v) is 7.81. The molecule has 2 heterocycles. The van der Waals surface area contributed by atoms with Crippen molar-refractivity contribution in [2.45, 2.75) is 32.7 Å². The fourth-order valence-corrected chi connectivity index (χ4v) is 3.64. The molecule has 1 aliphatic heterocycles. The molecule has 1 aromatic heterocycles. The summed E-state index contributed by atoms with van der Waals surface area (Å²) < 4.78 is 10.8. The van der Waals surface area contributed by atoms with E-state index in [9.17, 15) is 9.59 Å². The first kappa shape index (κ1) is 19.9. The summed E-state index contributed by atoms with van der Waals surface area (Å²) in [6.45, 7) is 4.80. The summed E-state index contributed by atoms with van der Waals surface area (Å²) in [4.78, 5) is 31.1. The van der Waals surface area contributed by atoms with E-state index in [0.717, 1.165) is 5.69 Å². The van der Waals surface area contributed by atoms with Gasteiger partial charge in [0.05, 0.1) is 19.6 Å². The van der Waals surface area contributed by atoms with Crippen LogP contribution in [0.4, 0.5) is 5.69 Å².